The molecule has 0 fully saturated rings. The molecular weight excluding hydrogens is 408 g/mol. The number of nitro groups is 1. The fraction of sp³-hybridized carbons (Fsp3) is 0.0417. The molecule has 158 valence electrons. The molecule has 0 radical (unpaired) electrons. The molecule has 8 nitrogen and oxygen atoms in total. The summed E-state index contributed by atoms with van der Waals surface area (Å²) in [4.78, 5) is 26.8. The highest BCUT2D eigenvalue weighted by molar-refractivity contribution is 5.88. The number of para-hydroxylation sites is 1. The molecule has 4 rings (SSSR count). The van der Waals surface area contributed by atoms with Gasteiger partial charge in [-0.15, -0.1) is 0 Å². The Morgan fingerprint density at radius 1 is 1.09 bits per heavy atom. The molecule has 0 aliphatic carbocycles. The summed E-state index contributed by atoms with van der Waals surface area (Å²) in [6.07, 6.45) is 8.14. The molecule has 0 amide bonds. The molecule has 0 bridgehead atoms. The number of nitro benzene ring substituents is 1. The number of hydrogen-bond donors (Lipinski definition) is 0. The van der Waals surface area contributed by atoms with E-state index >= 15 is 0 Å². The van der Waals surface area contributed by atoms with Crippen LogP contribution in [-0.4, -0.2) is 25.7 Å². The second kappa shape index (κ2) is 9.48. The molecule has 4 aromatic rings. The van der Waals surface area contributed by atoms with E-state index in [1.54, 1.807) is 35.3 Å². The van der Waals surface area contributed by atoms with E-state index in [4.69, 9.17) is 4.74 Å². The molecule has 0 N–H and O–H groups in total. The van der Waals surface area contributed by atoms with Crippen molar-refractivity contribution >= 4 is 17.7 Å². The third-order valence-electron chi connectivity index (χ3n) is 4.60. The van der Waals surface area contributed by atoms with Gasteiger partial charge in [0.2, 0.25) is 0 Å². The summed E-state index contributed by atoms with van der Waals surface area (Å²) in [7, 11) is 0. The van der Waals surface area contributed by atoms with E-state index in [0.29, 0.717) is 16.8 Å². The molecular formula is C24H18N4O4. The molecule has 2 heterocycles. The normalized spacial score (nSPS) is 10.9. The van der Waals surface area contributed by atoms with Crippen LogP contribution in [0.5, 0.6) is 0 Å². The molecule has 0 saturated heterocycles. The van der Waals surface area contributed by atoms with Crippen molar-refractivity contribution < 1.29 is 14.5 Å². The molecule has 0 spiro atoms. The molecule has 0 atom stereocenters. The second-order valence-electron chi connectivity index (χ2n) is 6.82. The first kappa shape index (κ1) is 20.7. The summed E-state index contributed by atoms with van der Waals surface area (Å²) < 4.78 is 6.97. The number of carbonyl (C=O) groups is 1. The van der Waals surface area contributed by atoms with Gasteiger partial charge in [0.05, 0.1) is 10.6 Å². The maximum Gasteiger partial charge on any atom is 0.331 e. The van der Waals surface area contributed by atoms with E-state index in [2.05, 4.69) is 10.1 Å². The van der Waals surface area contributed by atoms with Crippen molar-refractivity contribution in [3.8, 4) is 16.9 Å². The fourth-order valence-corrected chi connectivity index (χ4v) is 3.07. The molecule has 0 unspecified atom stereocenters. The monoisotopic (exact) mass is 426 g/mol. The molecule has 0 aliphatic rings. The summed E-state index contributed by atoms with van der Waals surface area (Å²) in [6.45, 7) is -0.0659. The summed E-state index contributed by atoms with van der Waals surface area (Å²) in [5.41, 5.74) is 3.56. The van der Waals surface area contributed by atoms with E-state index in [-0.39, 0.29) is 12.3 Å². The Bertz CT molecular complexity index is 1270. The van der Waals surface area contributed by atoms with Crippen LogP contribution in [0, 0.1) is 10.1 Å². The molecule has 32 heavy (non-hydrogen) atoms. The molecule has 2 aromatic carbocycles. The van der Waals surface area contributed by atoms with Crippen molar-refractivity contribution in [1.82, 2.24) is 14.8 Å². The van der Waals surface area contributed by atoms with Crippen LogP contribution >= 0.6 is 0 Å². The van der Waals surface area contributed by atoms with Gasteiger partial charge in [0.25, 0.3) is 5.69 Å². The highest BCUT2D eigenvalue weighted by atomic mass is 16.6. The Kier molecular flexibility index (Phi) is 6.12. The number of nitrogens with zero attached hydrogens (tertiary/aromatic N) is 4. The van der Waals surface area contributed by atoms with Crippen LogP contribution in [-0.2, 0) is 16.1 Å². The number of non-ortho nitro benzene ring substituents is 1. The van der Waals surface area contributed by atoms with Gasteiger partial charge in [-0.2, -0.15) is 5.10 Å². The number of aromatic nitrogens is 3. The van der Waals surface area contributed by atoms with Crippen molar-refractivity contribution in [2.75, 3.05) is 0 Å². The first-order valence-electron chi connectivity index (χ1n) is 9.74. The van der Waals surface area contributed by atoms with Crippen LogP contribution < -0.4 is 0 Å². The smallest absolute Gasteiger partial charge is 0.331 e. The van der Waals surface area contributed by atoms with Crippen LogP contribution in [0.1, 0.15) is 11.1 Å². The average molecular weight is 426 g/mol. The van der Waals surface area contributed by atoms with Gasteiger partial charge < -0.3 is 4.74 Å². The zero-order chi connectivity index (χ0) is 22.3. The summed E-state index contributed by atoms with van der Waals surface area (Å²) in [6, 6.07) is 19.3. The first-order chi connectivity index (χ1) is 15.6. The first-order valence-corrected chi connectivity index (χ1v) is 9.74. The molecule has 0 saturated carbocycles. The highest BCUT2D eigenvalue weighted by Crippen LogP contribution is 2.24. The third kappa shape index (κ3) is 4.93. The maximum absolute atomic E-state index is 12.3. The summed E-state index contributed by atoms with van der Waals surface area (Å²) >= 11 is 0. The second-order valence-corrected chi connectivity index (χ2v) is 6.82. The van der Waals surface area contributed by atoms with E-state index in [9.17, 15) is 14.9 Å². The van der Waals surface area contributed by atoms with Gasteiger partial charge in [0.1, 0.15) is 12.3 Å². The van der Waals surface area contributed by atoms with Gasteiger partial charge in [-0.25, -0.2) is 9.48 Å². The third-order valence-corrected chi connectivity index (χ3v) is 4.60. The number of pyridine rings is 1. The summed E-state index contributed by atoms with van der Waals surface area (Å²) in [5.74, 6) is -0.568. The number of hydrogen-bond acceptors (Lipinski definition) is 6. The van der Waals surface area contributed by atoms with E-state index in [0.717, 1.165) is 11.3 Å². The van der Waals surface area contributed by atoms with E-state index < -0.39 is 10.9 Å². The van der Waals surface area contributed by atoms with Crippen molar-refractivity contribution in [2.45, 2.75) is 6.61 Å². The lowest BCUT2D eigenvalue weighted by atomic mass is 10.1. The SMILES string of the molecule is O=C(C=Cc1cn(-c2ccccc2)nc1-c1cccnc1)OCc1cccc([N+](=O)[O-])c1. The lowest BCUT2D eigenvalue weighted by molar-refractivity contribution is -0.384. The van der Waals surface area contributed by atoms with Crippen LogP contribution in [0.25, 0.3) is 23.0 Å². The van der Waals surface area contributed by atoms with Gasteiger partial charge in [0.15, 0.2) is 0 Å². The van der Waals surface area contributed by atoms with Crippen LogP contribution in [0.4, 0.5) is 5.69 Å². The van der Waals surface area contributed by atoms with Gasteiger partial charge in [0, 0.05) is 47.9 Å². The fourth-order valence-electron chi connectivity index (χ4n) is 3.07. The Hall–Kier alpha value is -4.59. The number of esters is 1. The molecule has 0 aliphatic heterocycles. The highest BCUT2D eigenvalue weighted by Gasteiger charge is 2.12. The number of ether oxygens (including phenoxy) is 1. The zero-order valence-electron chi connectivity index (χ0n) is 16.9. The summed E-state index contributed by atoms with van der Waals surface area (Å²) in [5, 5.41) is 15.5. The molecule has 2 aromatic heterocycles. The van der Waals surface area contributed by atoms with Crippen molar-refractivity contribution in [1.29, 1.82) is 0 Å². The average Bonchev–Trinajstić information content (AvgIpc) is 3.27. The predicted octanol–water partition coefficient (Wildman–Crippen LogP) is 4.60. The number of benzene rings is 2. The minimum absolute atomic E-state index is 0.0523. The number of rotatable bonds is 7. The van der Waals surface area contributed by atoms with Crippen LogP contribution in [0.15, 0.2) is 91.4 Å². The zero-order valence-corrected chi connectivity index (χ0v) is 16.9. The minimum Gasteiger partial charge on any atom is -0.458 e. The maximum atomic E-state index is 12.3. The quantitative estimate of drug-likeness (QED) is 0.185. The van der Waals surface area contributed by atoms with Gasteiger partial charge in [-0.1, -0.05) is 30.3 Å². The Labute approximate surface area is 183 Å². The van der Waals surface area contributed by atoms with Crippen molar-refractivity contribution in [2.24, 2.45) is 0 Å². The lowest BCUT2D eigenvalue weighted by Gasteiger charge is -2.02. The predicted molar refractivity (Wildman–Crippen MR) is 119 cm³/mol. The topological polar surface area (TPSA) is 100 Å². The Balaban J connectivity index is 1.53. The van der Waals surface area contributed by atoms with Crippen molar-refractivity contribution in [3.05, 3.63) is 113 Å². The van der Waals surface area contributed by atoms with E-state index in [1.807, 2.05) is 48.7 Å². The Morgan fingerprint density at radius 2 is 1.94 bits per heavy atom. The van der Waals surface area contributed by atoms with E-state index in [1.165, 1.54) is 18.2 Å². The van der Waals surface area contributed by atoms with Crippen LogP contribution in [0.3, 0.4) is 0 Å². The largest absolute Gasteiger partial charge is 0.458 e. The van der Waals surface area contributed by atoms with Gasteiger partial charge in [-0.05, 0) is 35.9 Å². The van der Waals surface area contributed by atoms with Crippen LogP contribution in [0.2, 0.25) is 0 Å². The van der Waals surface area contributed by atoms with Gasteiger partial charge in [-0.3, -0.25) is 15.1 Å². The number of carbonyl (C=O) groups excluding carboxylic acids is 1. The minimum atomic E-state index is -0.568. The van der Waals surface area contributed by atoms with Gasteiger partial charge >= 0.3 is 5.97 Å². The standard InChI is InChI=1S/C24H18N4O4/c29-23(32-17-18-6-4-10-22(14-18)28(30)31)12-11-20-16-27(21-8-2-1-3-9-21)26-24(20)19-7-5-13-25-15-19/h1-16H,17H2. The molecule has 8 heteroatoms. The Morgan fingerprint density at radius 3 is 2.69 bits per heavy atom. The van der Waals surface area contributed by atoms with Crippen molar-refractivity contribution in [3.63, 3.8) is 0 Å². The lowest BCUT2D eigenvalue weighted by Crippen LogP contribution is -2.01.